The van der Waals surface area contributed by atoms with Crippen LogP contribution in [0, 0.1) is 26.2 Å². The molecule has 5 aliphatic heterocycles. The SMILES string of the molecule is COC(=O)C(C)(C)C1c2ccc3c(c2)CN(CC3)C(=O)c2c(C)cc(cc2C)COCCCn2nnc3c(C)c1ccc32. The quantitative estimate of drug-likeness (QED) is 0.278. The standard InChI is InChI=1S/C35H40N4O4/c1-21-16-24-17-22(2)30(21)33(40)38-14-12-25-8-9-26(18-27(25)19-38)31(35(4,5)34(41)42-6)28-10-11-29-32(23(28)3)36-37-39(29)13-7-15-43-20-24/h8-11,16-18,31H,7,12-15,19-20H2,1-6H3. The molecule has 0 spiro atoms. The zero-order chi connectivity index (χ0) is 30.5. The number of carbonyl (C=O) groups excluding carboxylic acids is 2. The normalized spacial score (nSPS) is 17.6. The predicted octanol–water partition coefficient (Wildman–Crippen LogP) is 5.81. The Morgan fingerprint density at radius 3 is 2.53 bits per heavy atom. The summed E-state index contributed by atoms with van der Waals surface area (Å²) in [5.74, 6) is -0.528. The van der Waals surface area contributed by atoms with E-state index in [2.05, 4.69) is 59.7 Å². The van der Waals surface area contributed by atoms with Crippen LogP contribution in [0.2, 0.25) is 0 Å². The van der Waals surface area contributed by atoms with Crippen LogP contribution in [0.15, 0.2) is 42.5 Å². The van der Waals surface area contributed by atoms with Crippen LogP contribution in [-0.2, 0) is 40.4 Å². The summed E-state index contributed by atoms with van der Waals surface area (Å²) in [5.41, 5.74) is 10.1. The fourth-order valence-corrected chi connectivity index (χ4v) is 7.09. The molecule has 0 aliphatic carbocycles. The lowest BCUT2D eigenvalue weighted by atomic mass is 9.69. The molecule has 6 heterocycles. The second-order valence-electron chi connectivity index (χ2n) is 12.6. The van der Waals surface area contributed by atoms with Gasteiger partial charge in [0.2, 0.25) is 0 Å². The first-order valence-corrected chi connectivity index (χ1v) is 15.1. The van der Waals surface area contributed by atoms with Crippen molar-refractivity contribution in [2.75, 3.05) is 20.3 Å². The first kappa shape index (κ1) is 29.1. The molecule has 5 aliphatic rings. The highest BCUT2D eigenvalue weighted by atomic mass is 16.5. The molecule has 0 radical (unpaired) electrons. The van der Waals surface area contributed by atoms with Gasteiger partial charge in [0.25, 0.3) is 5.91 Å². The van der Waals surface area contributed by atoms with E-state index in [4.69, 9.17) is 9.47 Å². The summed E-state index contributed by atoms with van der Waals surface area (Å²) in [6, 6.07) is 14.8. The number of amides is 1. The van der Waals surface area contributed by atoms with Gasteiger partial charge in [-0.05, 0) is 98.0 Å². The van der Waals surface area contributed by atoms with Gasteiger partial charge in [-0.25, -0.2) is 4.68 Å². The van der Waals surface area contributed by atoms with Gasteiger partial charge in [-0.1, -0.05) is 41.6 Å². The van der Waals surface area contributed by atoms with Crippen molar-refractivity contribution in [3.05, 3.63) is 92.5 Å². The number of aromatic nitrogens is 3. The summed E-state index contributed by atoms with van der Waals surface area (Å²) in [6.45, 7) is 12.9. The average molecular weight is 581 g/mol. The van der Waals surface area contributed by atoms with Crippen LogP contribution in [0.5, 0.6) is 0 Å². The third-order valence-corrected chi connectivity index (χ3v) is 9.32. The molecule has 1 amide bonds. The van der Waals surface area contributed by atoms with Gasteiger partial charge in [0.05, 0.1) is 24.6 Å². The second-order valence-corrected chi connectivity index (χ2v) is 12.6. The molecule has 9 bridgehead atoms. The van der Waals surface area contributed by atoms with E-state index in [0.717, 1.165) is 68.4 Å². The summed E-state index contributed by atoms with van der Waals surface area (Å²) in [4.78, 5) is 29.2. The van der Waals surface area contributed by atoms with E-state index in [1.807, 2.05) is 37.3 Å². The summed E-state index contributed by atoms with van der Waals surface area (Å²) in [7, 11) is 1.44. The lowest BCUT2D eigenvalue weighted by Gasteiger charge is -2.35. The lowest BCUT2D eigenvalue weighted by molar-refractivity contribution is -0.151. The fourth-order valence-electron chi connectivity index (χ4n) is 7.09. The number of hydrogen-bond donors (Lipinski definition) is 0. The summed E-state index contributed by atoms with van der Waals surface area (Å²) >= 11 is 0. The van der Waals surface area contributed by atoms with Gasteiger partial charge in [0.1, 0.15) is 5.52 Å². The first-order chi connectivity index (χ1) is 20.6. The van der Waals surface area contributed by atoms with Crippen LogP contribution in [0.4, 0.5) is 0 Å². The molecule has 0 fully saturated rings. The first-order valence-electron chi connectivity index (χ1n) is 15.1. The number of aryl methyl sites for hydroxylation is 4. The molecule has 8 heteroatoms. The third-order valence-electron chi connectivity index (χ3n) is 9.32. The number of benzene rings is 3. The Kier molecular flexibility index (Phi) is 7.59. The third kappa shape index (κ3) is 5.12. The highest BCUT2D eigenvalue weighted by molar-refractivity contribution is 5.97. The molecule has 3 aromatic carbocycles. The van der Waals surface area contributed by atoms with Crippen LogP contribution in [0.3, 0.4) is 0 Å². The molecule has 9 rings (SSSR count). The Hall–Kier alpha value is -4.04. The molecular formula is C35H40N4O4. The Morgan fingerprint density at radius 1 is 1.02 bits per heavy atom. The molecule has 8 nitrogen and oxygen atoms in total. The van der Waals surface area contributed by atoms with Crippen molar-refractivity contribution in [3.63, 3.8) is 0 Å². The van der Waals surface area contributed by atoms with Gasteiger partial charge in [0.15, 0.2) is 0 Å². The van der Waals surface area contributed by atoms with E-state index in [-0.39, 0.29) is 17.8 Å². The Labute approximate surface area is 253 Å². The van der Waals surface area contributed by atoms with Gasteiger partial charge in [-0.3, -0.25) is 9.59 Å². The highest BCUT2D eigenvalue weighted by Crippen LogP contribution is 2.45. The average Bonchev–Trinajstić information content (AvgIpc) is 3.40. The van der Waals surface area contributed by atoms with Gasteiger partial charge in [-0.2, -0.15) is 0 Å². The molecule has 224 valence electrons. The molecule has 4 aromatic rings. The van der Waals surface area contributed by atoms with Crippen molar-refractivity contribution in [1.82, 2.24) is 19.9 Å². The maximum Gasteiger partial charge on any atom is 0.312 e. The van der Waals surface area contributed by atoms with Crippen molar-refractivity contribution in [2.24, 2.45) is 5.41 Å². The molecule has 0 saturated carbocycles. The molecular weight excluding hydrogens is 540 g/mol. The predicted molar refractivity (Wildman–Crippen MR) is 165 cm³/mol. The second kappa shape index (κ2) is 11.2. The molecule has 0 N–H and O–H groups in total. The van der Waals surface area contributed by atoms with E-state index in [0.29, 0.717) is 32.8 Å². The van der Waals surface area contributed by atoms with Crippen LogP contribution < -0.4 is 0 Å². The number of ether oxygens (including phenoxy) is 2. The number of esters is 1. The zero-order valence-corrected chi connectivity index (χ0v) is 26.0. The van der Waals surface area contributed by atoms with Crippen molar-refractivity contribution < 1.29 is 19.1 Å². The van der Waals surface area contributed by atoms with Gasteiger partial charge in [-0.15, -0.1) is 5.10 Å². The van der Waals surface area contributed by atoms with Crippen LogP contribution >= 0.6 is 0 Å². The summed E-state index contributed by atoms with van der Waals surface area (Å²) in [5, 5.41) is 9.06. The van der Waals surface area contributed by atoms with Crippen LogP contribution in [-0.4, -0.2) is 52.0 Å². The van der Waals surface area contributed by atoms with E-state index < -0.39 is 5.41 Å². The number of carbonyl (C=O) groups is 2. The van der Waals surface area contributed by atoms with Crippen molar-refractivity contribution >= 4 is 22.9 Å². The van der Waals surface area contributed by atoms with Gasteiger partial charge < -0.3 is 14.4 Å². The summed E-state index contributed by atoms with van der Waals surface area (Å²) in [6.07, 6.45) is 1.57. The van der Waals surface area contributed by atoms with Crippen molar-refractivity contribution in [2.45, 2.75) is 73.1 Å². The smallest absolute Gasteiger partial charge is 0.312 e. The molecule has 1 unspecified atom stereocenters. The number of methoxy groups -OCH3 is 1. The zero-order valence-electron chi connectivity index (χ0n) is 26.0. The fraction of sp³-hybridized carbons (Fsp3) is 0.429. The molecule has 43 heavy (non-hydrogen) atoms. The van der Waals surface area contributed by atoms with E-state index in [1.54, 1.807) is 0 Å². The van der Waals surface area contributed by atoms with Crippen molar-refractivity contribution in [1.29, 1.82) is 0 Å². The minimum atomic E-state index is -0.871. The highest BCUT2D eigenvalue weighted by Gasteiger charge is 2.41. The van der Waals surface area contributed by atoms with E-state index in [1.165, 1.54) is 12.7 Å². The van der Waals surface area contributed by atoms with E-state index in [9.17, 15) is 9.59 Å². The Balaban J connectivity index is 1.51. The molecule has 0 saturated heterocycles. The van der Waals surface area contributed by atoms with Crippen LogP contribution in [0.25, 0.3) is 11.0 Å². The minimum Gasteiger partial charge on any atom is -0.469 e. The van der Waals surface area contributed by atoms with Crippen LogP contribution in [0.1, 0.15) is 81.1 Å². The maximum absolute atomic E-state index is 13.9. The summed E-state index contributed by atoms with van der Waals surface area (Å²) < 4.78 is 13.3. The molecule has 1 aromatic heterocycles. The molecule has 1 atom stereocenters. The van der Waals surface area contributed by atoms with Gasteiger partial charge in [0, 0.05) is 37.7 Å². The topological polar surface area (TPSA) is 86.5 Å². The number of nitrogens with zero attached hydrogens (tertiary/aromatic N) is 4. The Bertz CT molecular complexity index is 1710. The number of rotatable bonds is 2. The van der Waals surface area contributed by atoms with E-state index >= 15 is 0 Å². The van der Waals surface area contributed by atoms with Gasteiger partial charge >= 0.3 is 5.97 Å². The largest absolute Gasteiger partial charge is 0.469 e. The maximum atomic E-state index is 13.9. The number of hydrogen-bond acceptors (Lipinski definition) is 6. The van der Waals surface area contributed by atoms with Crippen molar-refractivity contribution in [3.8, 4) is 0 Å². The monoisotopic (exact) mass is 580 g/mol. The Morgan fingerprint density at radius 2 is 1.79 bits per heavy atom. The lowest BCUT2D eigenvalue weighted by Crippen LogP contribution is -2.37. The minimum absolute atomic E-state index is 0.0551.